The number of pyridine rings is 1. The lowest BCUT2D eigenvalue weighted by atomic mass is 10.2. The number of alkyl halides is 3. The summed E-state index contributed by atoms with van der Waals surface area (Å²) in [5.74, 6) is -2.80. The van der Waals surface area contributed by atoms with Crippen LogP contribution in [0.3, 0.4) is 0 Å². The number of halogens is 5. The highest BCUT2D eigenvalue weighted by Crippen LogP contribution is 2.32. The molecule has 2 aromatic rings. The largest absolute Gasteiger partial charge is 0.436 e. The van der Waals surface area contributed by atoms with Crippen molar-refractivity contribution < 1.29 is 26.7 Å². The van der Waals surface area contributed by atoms with Crippen molar-refractivity contribution in [2.45, 2.75) is 6.18 Å². The molecule has 0 aliphatic carbocycles. The average Bonchev–Trinajstić information content (AvgIpc) is 2.41. The molecule has 0 bridgehead atoms. The van der Waals surface area contributed by atoms with Gasteiger partial charge in [0.1, 0.15) is 5.75 Å². The van der Waals surface area contributed by atoms with Crippen molar-refractivity contribution >= 4 is 5.82 Å². The maximum Gasteiger partial charge on any atom is 0.416 e. The van der Waals surface area contributed by atoms with Gasteiger partial charge in [0.15, 0.2) is 17.5 Å². The van der Waals surface area contributed by atoms with Gasteiger partial charge >= 0.3 is 6.18 Å². The van der Waals surface area contributed by atoms with Gasteiger partial charge in [-0.2, -0.15) is 18.2 Å². The quantitative estimate of drug-likeness (QED) is 0.862. The minimum absolute atomic E-state index is 0.0527. The minimum Gasteiger partial charge on any atom is -0.436 e. The van der Waals surface area contributed by atoms with Gasteiger partial charge in [-0.05, 0) is 24.3 Å². The Morgan fingerprint density at radius 1 is 1.05 bits per heavy atom. The van der Waals surface area contributed by atoms with E-state index in [1.54, 1.807) is 0 Å². The van der Waals surface area contributed by atoms with E-state index in [0.717, 1.165) is 24.3 Å². The maximum absolute atomic E-state index is 13.5. The third kappa shape index (κ3) is 3.39. The number of ether oxygens (including phenoxy) is 1. The number of nitrogens with zero attached hydrogens (tertiary/aromatic N) is 1. The van der Waals surface area contributed by atoms with Crippen molar-refractivity contribution in [2.24, 2.45) is 0 Å². The van der Waals surface area contributed by atoms with Gasteiger partial charge in [0.05, 0.1) is 5.56 Å². The lowest BCUT2D eigenvalue weighted by molar-refractivity contribution is -0.137. The smallest absolute Gasteiger partial charge is 0.416 e. The van der Waals surface area contributed by atoms with Crippen LogP contribution < -0.4 is 10.1 Å². The number of hydrogen-bond donors (Lipinski definition) is 1. The van der Waals surface area contributed by atoms with Gasteiger partial charge in [-0.25, -0.2) is 8.78 Å². The number of anilines is 1. The number of hydrogen-bond acceptors (Lipinski definition) is 3. The van der Waals surface area contributed by atoms with Gasteiger partial charge in [0.25, 0.3) is 5.88 Å². The van der Waals surface area contributed by atoms with Crippen molar-refractivity contribution in [3.63, 3.8) is 0 Å². The van der Waals surface area contributed by atoms with Crippen molar-refractivity contribution in [3.8, 4) is 11.6 Å². The molecule has 0 aliphatic heterocycles. The maximum atomic E-state index is 13.5. The van der Waals surface area contributed by atoms with E-state index in [2.05, 4.69) is 10.3 Å². The molecule has 1 N–H and O–H groups in total. The highest BCUT2D eigenvalue weighted by atomic mass is 19.4. The Morgan fingerprint density at radius 3 is 2.19 bits per heavy atom. The normalized spacial score (nSPS) is 11.3. The molecule has 0 amide bonds. The van der Waals surface area contributed by atoms with Gasteiger partial charge in [-0.15, -0.1) is 0 Å². The summed E-state index contributed by atoms with van der Waals surface area (Å²) >= 11 is 0. The summed E-state index contributed by atoms with van der Waals surface area (Å²) in [6.45, 7) is 0. The molecule has 21 heavy (non-hydrogen) atoms. The molecule has 0 saturated carbocycles. The molecule has 112 valence electrons. The molecule has 0 unspecified atom stereocenters. The van der Waals surface area contributed by atoms with Crippen LogP contribution >= 0.6 is 0 Å². The Balaban J connectivity index is 2.26. The first-order chi connectivity index (χ1) is 9.81. The molecular formula is C13H9F5N2O. The lowest BCUT2D eigenvalue weighted by Gasteiger charge is -2.10. The van der Waals surface area contributed by atoms with Crippen molar-refractivity contribution in [1.29, 1.82) is 0 Å². The first-order valence-corrected chi connectivity index (χ1v) is 5.70. The fourth-order valence-electron chi connectivity index (χ4n) is 1.52. The molecule has 0 saturated heterocycles. The number of nitrogens with one attached hydrogen (secondary N) is 1. The Labute approximate surface area is 116 Å². The fraction of sp³-hybridized carbons (Fsp3) is 0.154. The van der Waals surface area contributed by atoms with Crippen LogP contribution in [0.5, 0.6) is 11.6 Å². The molecule has 0 spiro atoms. The van der Waals surface area contributed by atoms with Gasteiger partial charge in [0, 0.05) is 13.1 Å². The summed E-state index contributed by atoms with van der Waals surface area (Å²) in [7, 11) is 1.38. The van der Waals surface area contributed by atoms with Crippen LogP contribution in [0.2, 0.25) is 0 Å². The van der Waals surface area contributed by atoms with Crippen LogP contribution in [0.4, 0.5) is 27.8 Å². The third-order valence-corrected chi connectivity index (χ3v) is 2.53. The highest BCUT2D eigenvalue weighted by molar-refractivity contribution is 5.40. The van der Waals surface area contributed by atoms with E-state index in [1.165, 1.54) is 7.05 Å². The Kier molecular flexibility index (Phi) is 3.97. The van der Waals surface area contributed by atoms with Gasteiger partial charge in [0.2, 0.25) is 0 Å². The zero-order chi connectivity index (χ0) is 15.6. The Bertz CT molecular complexity index is 640. The monoisotopic (exact) mass is 304 g/mol. The third-order valence-electron chi connectivity index (χ3n) is 2.53. The second-order valence-corrected chi connectivity index (χ2v) is 3.98. The molecule has 1 heterocycles. The molecule has 1 aromatic carbocycles. The number of rotatable bonds is 3. The zero-order valence-corrected chi connectivity index (χ0v) is 10.6. The molecular weight excluding hydrogens is 295 g/mol. The molecule has 0 atom stereocenters. The molecule has 8 heteroatoms. The first kappa shape index (κ1) is 15.0. The summed E-state index contributed by atoms with van der Waals surface area (Å²) < 4.78 is 68.9. The van der Waals surface area contributed by atoms with E-state index in [1.807, 2.05) is 0 Å². The van der Waals surface area contributed by atoms with Crippen molar-refractivity contribution in [1.82, 2.24) is 4.98 Å². The van der Waals surface area contributed by atoms with E-state index < -0.39 is 29.3 Å². The number of aromatic nitrogens is 1. The Morgan fingerprint density at radius 2 is 1.67 bits per heavy atom. The van der Waals surface area contributed by atoms with Crippen LogP contribution in [-0.4, -0.2) is 12.0 Å². The predicted molar refractivity (Wildman–Crippen MR) is 65.2 cm³/mol. The SMILES string of the molecule is CNc1nc(Oc2ccc(C(F)(F)F)cc2)c(F)cc1F. The average molecular weight is 304 g/mol. The second kappa shape index (κ2) is 5.55. The fourth-order valence-corrected chi connectivity index (χ4v) is 1.52. The van der Waals surface area contributed by atoms with E-state index in [9.17, 15) is 22.0 Å². The number of benzene rings is 1. The topological polar surface area (TPSA) is 34.2 Å². The van der Waals surface area contributed by atoms with Crippen molar-refractivity contribution in [2.75, 3.05) is 12.4 Å². The van der Waals surface area contributed by atoms with Crippen LogP contribution in [0, 0.1) is 11.6 Å². The summed E-state index contributed by atoms with van der Waals surface area (Å²) in [4.78, 5) is 3.55. The summed E-state index contributed by atoms with van der Waals surface area (Å²) in [5, 5.41) is 2.40. The molecule has 3 nitrogen and oxygen atoms in total. The summed E-state index contributed by atoms with van der Waals surface area (Å²) in [6.07, 6.45) is -4.47. The van der Waals surface area contributed by atoms with E-state index in [0.29, 0.717) is 6.07 Å². The van der Waals surface area contributed by atoms with Gasteiger partial charge in [-0.3, -0.25) is 0 Å². The Hall–Kier alpha value is -2.38. The molecule has 0 radical (unpaired) electrons. The van der Waals surface area contributed by atoms with E-state index >= 15 is 0 Å². The summed E-state index contributed by atoms with van der Waals surface area (Å²) in [6, 6.07) is 4.18. The standard InChI is InChI=1S/C13H9F5N2O/c1-19-11-9(14)6-10(15)12(20-11)21-8-4-2-7(3-5-8)13(16,17)18/h2-6H,1H3,(H,19,20). The van der Waals surface area contributed by atoms with Crippen LogP contribution in [0.15, 0.2) is 30.3 Å². The second-order valence-electron chi connectivity index (χ2n) is 3.98. The van der Waals surface area contributed by atoms with Crippen LogP contribution in [-0.2, 0) is 6.18 Å². The first-order valence-electron chi connectivity index (χ1n) is 5.70. The van der Waals surface area contributed by atoms with Crippen LogP contribution in [0.1, 0.15) is 5.56 Å². The van der Waals surface area contributed by atoms with Gasteiger partial charge < -0.3 is 10.1 Å². The molecule has 0 aliphatic rings. The van der Waals surface area contributed by atoms with E-state index in [4.69, 9.17) is 4.74 Å². The molecule has 0 fully saturated rings. The lowest BCUT2D eigenvalue weighted by Crippen LogP contribution is -2.04. The predicted octanol–water partition coefficient (Wildman–Crippen LogP) is 4.21. The van der Waals surface area contributed by atoms with Crippen molar-refractivity contribution in [3.05, 3.63) is 47.5 Å². The molecule has 2 rings (SSSR count). The highest BCUT2D eigenvalue weighted by Gasteiger charge is 2.30. The summed E-state index contributed by atoms with van der Waals surface area (Å²) in [5.41, 5.74) is -0.863. The van der Waals surface area contributed by atoms with Crippen LogP contribution in [0.25, 0.3) is 0 Å². The van der Waals surface area contributed by atoms with E-state index in [-0.39, 0.29) is 11.6 Å². The minimum atomic E-state index is -4.47. The molecule has 1 aromatic heterocycles. The van der Waals surface area contributed by atoms with Gasteiger partial charge in [-0.1, -0.05) is 0 Å². The zero-order valence-electron chi connectivity index (χ0n) is 10.6.